The minimum Gasteiger partial charge on any atom is -0.338 e. The third kappa shape index (κ3) is 2.07. The van der Waals surface area contributed by atoms with Gasteiger partial charge in [0.2, 0.25) is 11.7 Å². The molecular formula is C15H13FN8O. The molecule has 126 valence electrons. The molecule has 10 heteroatoms. The van der Waals surface area contributed by atoms with E-state index in [9.17, 15) is 4.39 Å². The predicted octanol–water partition coefficient (Wildman–Crippen LogP) is 0.919. The lowest BCUT2D eigenvalue weighted by Crippen LogP contribution is -2.25. The van der Waals surface area contributed by atoms with E-state index in [1.165, 1.54) is 12.4 Å². The van der Waals surface area contributed by atoms with Crippen molar-refractivity contribution in [2.24, 2.45) is 10.7 Å². The molecule has 2 aliphatic heterocycles. The smallest absolute Gasteiger partial charge is 0.240 e. The minimum atomic E-state index is -0.222. The maximum atomic E-state index is 13.9. The van der Waals surface area contributed by atoms with Crippen molar-refractivity contribution >= 4 is 11.9 Å². The first-order valence-electron chi connectivity index (χ1n) is 7.77. The van der Waals surface area contributed by atoms with E-state index in [4.69, 9.17) is 10.3 Å². The first kappa shape index (κ1) is 14.2. The van der Waals surface area contributed by atoms with Crippen LogP contribution in [-0.4, -0.2) is 42.2 Å². The number of aromatic nitrogens is 5. The van der Waals surface area contributed by atoms with Gasteiger partial charge in [0.05, 0.1) is 24.4 Å². The molecule has 1 unspecified atom stereocenters. The molecule has 0 aromatic carbocycles. The number of rotatable bonds is 2. The topological polar surface area (TPSA) is 111 Å². The summed E-state index contributed by atoms with van der Waals surface area (Å²) in [4.78, 5) is 15.1. The number of fused-ring (bicyclic) bond motifs is 5. The molecule has 2 N–H and O–H groups in total. The van der Waals surface area contributed by atoms with Crippen LogP contribution in [0.2, 0.25) is 0 Å². The Bertz CT molecular complexity index is 981. The molecule has 1 atom stereocenters. The largest absolute Gasteiger partial charge is 0.338 e. The fourth-order valence-corrected chi connectivity index (χ4v) is 3.28. The molecule has 0 bridgehead atoms. The Kier molecular flexibility index (Phi) is 2.95. The standard InChI is InChI=1S/C15H13FN8O/c16-8-1-2-10-9(3-8)15-18-6-20-24(15)5-11-13(19-7-23(10)11)14-21-12(4-17)25-22-14/h1-2,5-6,9H,3-4,7,17H2. The highest BCUT2D eigenvalue weighted by Crippen LogP contribution is 2.41. The average Bonchev–Trinajstić information content (AvgIpc) is 3.33. The van der Waals surface area contributed by atoms with E-state index in [0.29, 0.717) is 29.9 Å². The lowest BCUT2D eigenvalue weighted by atomic mass is 9.94. The van der Waals surface area contributed by atoms with E-state index >= 15 is 0 Å². The Balaban J connectivity index is 1.64. The molecule has 5 rings (SSSR count). The van der Waals surface area contributed by atoms with Crippen molar-refractivity contribution in [3.8, 4) is 0 Å². The number of nitrogens with zero attached hydrogens (tertiary/aromatic N) is 7. The zero-order chi connectivity index (χ0) is 17.0. The fraction of sp³-hybridized carbons (Fsp3) is 0.267. The normalized spacial score (nSPS) is 21.5. The Morgan fingerprint density at radius 3 is 3.12 bits per heavy atom. The van der Waals surface area contributed by atoms with Crippen LogP contribution in [0.25, 0.3) is 6.20 Å². The first-order chi connectivity index (χ1) is 12.2. The number of halogens is 1. The molecule has 0 saturated carbocycles. The number of hydrogen-bond acceptors (Lipinski definition) is 8. The van der Waals surface area contributed by atoms with Gasteiger partial charge in [-0.15, -0.1) is 0 Å². The zero-order valence-corrected chi connectivity index (χ0v) is 13.0. The fourth-order valence-electron chi connectivity index (χ4n) is 3.28. The van der Waals surface area contributed by atoms with Gasteiger partial charge < -0.3 is 15.2 Å². The Morgan fingerprint density at radius 1 is 1.36 bits per heavy atom. The van der Waals surface area contributed by atoms with Crippen LogP contribution in [0.3, 0.4) is 0 Å². The van der Waals surface area contributed by atoms with Crippen molar-refractivity contribution in [1.29, 1.82) is 0 Å². The van der Waals surface area contributed by atoms with Crippen LogP contribution < -0.4 is 5.73 Å². The van der Waals surface area contributed by atoms with Crippen molar-refractivity contribution in [1.82, 2.24) is 29.8 Å². The second kappa shape index (κ2) is 5.18. The van der Waals surface area contributed by atoms with E-state index in [1.54, 1.807) is 10.8 Å². The Morgan fingerprint density at radius 2 is 2.28 bits per heavy atom. The van der Waals surface area contributed by atoms with E-state index in [0.717, 1.165) is 11.4 Å². The quantitative estimate of drug-likeness (QED) is 0.865. The molecule has 25 heavy (non-hydrogen) atoms. The van der Waals surface area contributed by atoms with Gasteiger partial charge in [0, 0.05) is 12.1 Å². The summed E-state index contributed by atoms with van der Waals surface area (Å²) in [6.07, 6.45) is 6.76. The number of nitrogens with two attached hydrogens (primary N) is 1. The number of aliphatic imine (C=N–C) groups is 1. The van der Waals surface area contributed by atoms with E-state index < -0.39 is 0 Å². The monoisotopic (exact) mass is 340 g/mol. The summed E-state index contributed by atoms with van der Waals surface area (Å²) in [6, 6.07) is 0. The number of hydrogen-bond donors (Lipinski definition) is 1. The van der Waals surface area contributed by atoms with Gasteiger partial charge in [0.25, 0.3) is 0 Å². The molecular weight excluding hydrogens is 327 g/mol. The van der Waals surface area contributed by atoms with E-state index in [1.807, 2.05) is 11.1 Å². The summed E-state index contributed by atoms with van der Waals surface area (Å²) in [5.74, 6) is 0.990. The molecule has 4 heterocycles. The highest BCUT2D eigenvalue weighted by Gasteiger charge is 2.38. The maximum absolute atomic E-state index is 13.9. The molecule has 3 aliphatic rings. The summed E-state index contributed by atoms with van der Waals surface area (Å²) in [7, 11) is 0. The predicted molar refractivity (Wildman–Crippen MR) is 84.4 cm³/mol. The summed E-state index contributed by atoms with van der Waals surface area (Å²) >= 11 is 0. The minimum absolute atomic E-state index is 0.160. The molecule has 0 saturated heterocycles. The van der Waals surface area contributed by atoms with Gasteiger partial charge in [0.1, 0.15) is 30.4 Å². The molecule has 0 amide bonds. The first-order valence-corrected chi connectivity index (χ1v) is 7.77. The Labute approximate surface area is 141 Å². The van der Waals surface area contributed by atoms with Gasteiger partial charge in [-0.1, -0.05) is 5.16 Å². The molecule has 0 spiro atoms. The van der Waals surface area contributed by atoms with Gasteiger partial charge in [-0.2, -0.15) is 10.1 Å². The van der Waals surface area contributed by atoms with Crippen molar-refractivity contribution in [2.75, 3.05) is 6.67 Å². The summed E-state index contributed by atoms with van der Waals surface area (Å²) in [6.45, 7) is 0.545. The highest BCUT2D eigenvalue weighted by atomic mass is 19.1. The van der Waals surface area contributed by atoms with Gasteiger partial charge in [0.15, 0.2) is 0 Å². The van der Waals surface area contributed by atoms with Crippen molar-refractivity contribution in [2.45, 2.75) is 18.9 Å². The van der Waals surface area contributed by atoms with Gasteiger partial charge >= 0.3 is 0 Å². The van der Waals surface area contributed by atoms with Crippen LogP contribution in [0, 0.1) is 0 Å². The van der Waals surface area contributed by atoms with Gasteiger partial charge in [-0.25, -0.2) is 14.1 Å². The molecule has 9 nitrogen and oxygen atoms in total. The van der Waals surface area contributed by atoms with Crippen LogP contribution >= 0.6 is 0 Å². The molecule has 2 aromatic rings. The third-order valence-corrected chi connectivity index (χ3v) is 4.42. The lowest BCUT2D eigenvalue weighted by molar-refractivity contribution is 0.378. The van der Waals surface area contributed by atoms with Crippen molar-refractivity contribution < 1.29 is 8.91 Å². The third-order valence-electron chi connectivity index (χ3n) is 4.42. The van der Waals surface area contributed by atoms with Gasteiger partial charge in [-0.05, 0) is 12.2 Å². The van der Waals surface area contributed by atoms with Crippen LogP contribution in [0.1, 0.15) is 29.9 Å². The van der Waals surface area contributed by atoms with Crippen LogP contribution in [0.5, 0.6) is 0 Å². The van der Waals surface area contributed by atoms with Crippen molar-refractivity contribution in [3.63, 3.8) is 0 Å². The maximum Gasteiger partial charge on any atom is 0.240 e. The highest BCUT2D eigenvalue weighted by molar-refractivity contribution is 6.13. The van der Waals surface area contributed by atoms with Crippen molar-refractivity contribution in [3.05, 3.63) is 53.2 Å². The van der Waals surface area contributed by atoms with Crippen LogP contribution in [-0.2, 0) is 6.54 Å². The number of allylic oxidation sites excluding steroid dienone is 5. The van der Waals surface area contributed by atoms with E-state index in [2.05, 4.69) is 25.2 Å². The average molecular weight is 340 g/mol. The summed E-state index contributed by atoms with van der Waals surface area (Å²) in [5.41, 5.74) is 7.80. The molecule has 1 aliphatic carbocycles. The second-order valence-electron chi connectivity index (χ2n) is 5.83. The van der Waals surface area contributed by atoms with Crippen LogP contribution in [0.15, 0.2) is 45.2 Å². The molecule has 0 radical (unpaired) electrons. The summed E-state index contributed by atoms with van der Waals surface area (Å²) < 4.78 is 20.6. The Hall–Kier alpha value is -3.14. The zero-order valence-electron chi connectivity index (χ0n) is 13.0. The molecule has 2 aromatic heterocycles. The van der Waals surface area contributed by atoms with E-state index in [-0.39, 0.29) is 24.7 Å². The lowest BCUT2D eigenvalue weighted by Gasteiger charge is -2.27. The summed E-state index contributed by atoms with van der Waals surface area (Å²) in [5, 5.41) is 8.19. The second-order valence-corrected chi connectivity index (χ2v) is 5.83. The van der Waals surface area contributed by atoms with Crippen LogP contribution in [0.4, 0.5) is 4.39 Å². The van der Waals surface area contributed by atoms with Gasteiger partial charge in [-0.3, -0.25) is 4.99 Å². The molecule has 0 fully saturated rings. The SMILES string of the molecule is NCc1nc(C2=NCN3C2=Cn2ncnc2C2CC(F)=CC=C23)no1.